The van der Waals surface area contributed by atoms with E-state index in [1.165, 1.54) is 5.56 Å². The Morgan fingerprint density at radius 2 is 2.24 bits per heavy atom. The van der Waals surface area contributed by atoms with Gasteiger partial charge in [0.25, 0.3) is 0 Å². The molecule has 1 aromatic carbocycles. The number of thiocarbonyl (C=S) groups is 1. The van der Waals surface area contributed by atoms with Gasteiger partial charge in [-0.25, -0.2) is 0 Å². The standard InChI is InChI=1S/C13H16N2OS/c1-13(14)6-7-15(12(13)17)10-8-16-11-5-3-2-4-9(10)11/h2-5,10H,6-8,14H2,1H3/t10-,13-/m1/s1. The monoisotopic (exact) mass is 248 g/mol. The van der Waals surface area contributed by atoms with Gasteiger partial charge in [-0.05, 0) is 19.4 Å². The molecule has 2 atom stereocenters. The van der Waals surface area contributed by atoms with Crippen LogP contribution in [0.5, 0.6) is 5.75 Å². The highest BCUT2D eigenvalue weighted by Gasteiger charge is 2.41. The molecule has 3 rings (SSSR count). The highest BCUT2D eigenvalue weighted by atomic mass is 32.1. The van der Waals surface area contributed by atoms with Crippen molar-refractivity contribution in [3.05, 3.63) is 29.8 Å². The van der Waals surface area contributed by atoms with E-state index in [4.69, 9.17) is 22.7 Å². The zero-order valence-electron chi connectivity index (χ0n) is 9.85. The summed E-state index contributed by atoms with van der Waals surface area (Å²) in [6.45, 7) is 3.61. The Morgan fingerprint density at radius 1 is 1.47 bits per heavy atom. The summed E-state index contributed by atoms with van der Waals surface area (Å²) >= 11 is 5.49. The van der Waals surface area contributed by atoms with Crippen molar-refractivity contribution < 1.29 is 4.74 Å². The molecule has 1 fully saturated rings. The second kappa shape index (κ2) is 3.68. The van der Waals surface area contributed by atoms with Crippen LogP contribution < -0.4 is 10.5 Å². The summed E-state index contributed by atoms with van der Waals surface area (Å²) in [4.78, 5) is 3.09. The number of rotatable bonds is 1. The summed E-state index contributed by atoms with van der Waals surface area (Å²) in [6, 6.07) is 8.40. The fourth-order valence-corrected chi connectivity index (χ4v) is 2.91. The van der Waals surface area contributed by atoms with Crippen LogP contribution in [0.1, 0.15) is 24.9 Å². The number of likely N-dealkylation sites (tertiary alicyclic amines) is 1. The van der Waals surface area contributed by atoms with E-state index < -0.39 is 0 Å². The predicted molar refractivity (Wildman–Crippen MR) is 71.2 cm³/mol. The third-order valence-corrected chi connectivity index (χ3v) is 4.37. The van der Waals surface area contributed by atoms with Crippen LogP contribution in [-0.2, 0) is 0 Å². The molecule has 0 saturated carbocycles. The fourth-order valence-electron chi connectivity index (χ4n) is 2.59. The van der Waals surface area contributed by atoms with Crippen molar-refractivity contribution in [3.63, 3.8) is 0 Å². The maximum atomic E-state index is 6.18. The second-order valence-electron chi connectivity index (χ2n) is 5.03. The van der Waals surface area contributed by atoms with E-state index in [9.17, 15) is 0 Å². The number of benzene rings is 1. The van der Waals surface area contributed by atoms with Gasteiger partial charge in [0.1, 0.15) is 12.4 Å². The SMILES string of the molecule is C[C@@]1(N)CCN([C@@H]2COc3ccccc32)C1=S. The van der Waals surface area contributed by atoms with Crippen molar-refractivity contribution in [2.24, 2.45) is 5.73 Å². The first kappa shape index (κ1) is 11.0. The molecule has 90 valence electrons. The van der Waals surface area contributed by atoms with Crippen molar-refractivity contribution >= 4 is 17.2 Å². The highest BCUT2D eigenvalue weighted by Crippen LogP contribution is 2.39. The summed E-state index contributed by atoms with van der Waals surface area (Å²) in [5.74, 6) is 0.978. The fraction of sp³-hybridized carbons (Fsp3) is 0.462. The number of nitrogens with zero attached hydrogens (tertiary/aromatic N) is 1. The van der Waals surface area contributed by atoms with E-state index in [1.807, 2.05) is 25.1 Å². The van der Waals surface area contributed by atoms with E-state index in [1.54, 1.807) is 0 Å². The minimum Gasteiger partial charge on any atom is -0.491 e. The van der Waals surface area contributed by atoms with Crippen molar-refractivity contribution in [1.82, 2.24) is 4.90 Å². The molecule has 0 radical (unpaired) electrons. The summed E-state index contributed by atoms with van der Waals surface area (Å²) in [5, 5.41) is 0. The van der Waals surface area contributed by atoms with Crippen LogP contribution in [-0.4, -0.2) is 28.6 Å². The maximum absolute atomic E-state index is 6.18. The number of hydrogen-bond donors (Lipinski definition) is 1. The van der Waals surface area contributed by atoms with E-state index >= 15 is 0 Å². The lowest BCUT2D eigenvalue weighted by atomic mass is 10.0. The lowest BCUT2D eigenvalue weighted by Crippen LogP contribution is -2.44. The van der Waals surface area contributed by atoms with Crippen molar-refractivity contribution in [2.75, 3.05) is 13.2 Å². The number of nitrogens with two attached hydrogens (primary N) is 1. The Labute approximate surface area is 107 Å². The van der Waals surface area contributed by atoms with Crippen LogP contribution in [0.4, 0.5) is 0 Å². The molecule has 2 heterocycles. The van der Waals surface area contributed by atoms with E-state index in [-0.39, 0.29) is 11.6 Å². The molecule has 2 aliphatic rings. The molecule has 0 amide bonds. The van der Waals surface area contributed by atoms with Gasteiger partial charge in [0.15, 0.2) is 0 Å². The van der Waals surface area contributed by atoms with Gasteiger partial charge in [-0.15, -0.1) is 0 Å². The van der Waals surface area contributed by atoms with E-state index in [2.05, 4.69) is 11.0 Å². The molecule has 17 heavy (non-hydrogen) atoms. The Morgan fingerprint density at radius 3 is 2.94 bits per heavy atom. The number of fused-ring (bicyclic) bond motifs is 1. The van der Waals surface area contributed by atoms with Gasteiger partial charge in [0.05, 0.1) is 16.6 Å². The van der Waals surface area contributed by atoms with Crippen LogP contribution >= 0.6 is 12.2 Å². The molecule has 0 aromatic heterocycles. The van der Waals surface area contributed by atoms with Gasteiger partial charge >= 0.3 is 0 Å². The first-order chi connectivity index (χ1) is 8.09. The van der Waals surface area contributed by atoms with Gasteiger partial charge < -0.3 is 15.4 Å². The zero-order valence-corrected chi connectivity index (χ0v) is 10.7. The van der Waals surface area contributed by atoms with Crippen LogP contribution in [0, 0.1) is 0 Å². The molecule has 0 unspecified atom stereocenters. The smallest absolute Gasteiger partial charge is 0.124 e. The molecule has 2 aliphatic heterocycles. The van der Waals surface area contributed by atoms with Gasteiger partial charge in [-0.2, -0.15) is 0 Å². The van der Waals surface area contributed by atoms with Crippen molar-refractivity contribution in [3.8, 4) is 5.75 Å². The summed E-state index contributed by atoms with van der Waals surface area (Å²) in [5.41, 5.74) is 7.06. The van der Waals surface area contributed by atoms with Gasteiger partial charge in [-0.1, -0.05) is 30.4 Å². The average Bonchev–Trinajstić information content (AvgIpc) is 2.83. The summed E-state index contributed by atoms with van der Waals surface area (Å²) in [6.07, 6.45) is 0.921. The van der Waals surface area contributed by atoms with Gasteiger partial charge in [0, 0.05) is 12.1 Å². The minimum atomic E-state index is -0.340. The van der Waals surface area contributed by atoms with Crippen molar-refractivity contribution in [2.45, 2.75) is 24.9 Å². The lowest BCUT2D eigenvalue weighted by molar-refractivity contribution is 0.250. The molecular weight excluding hydrogens is 232 g/mol. The van der Waals surface area contributed by atoms with Crippen LogP contribution in [0.25, 0.3) is 0 Å². The van der Waals surface area contributed by atoms with Crippen LogP contribution in [0.2, 0.25) is 0 Å². The van der Waals surface area contributed by atoms with E-state index in [0.29, 0.717) is 6.61 Å². The molecule has 1 saturated heterocycles. The predicted octanol–water partition coefficient (Wildman–Crippen LogP) is 1.87. The Bertz CT molecular complexity index is 472. The molecule has 0 aliphatic carbocycles. The first-order valence-electron chi connectivity index (χ1n) is 5.91. The Balaban J connectivity index is 1.91. The number of para-hydroxylation sites is 1. The molecule has 1 aromatic rings. The van der Waals surface area contributed by atoms with Crippen molar-refractivity contribution in [1.29, 1.82) is 0 Å². The first-order valence-corrected chi connectivity index (χ1v) is 6.32. The number of hydrogen-bond acceptors (Lipinski definition) is 3. The van der Waals surface area contributed by atoms with Gasteiger partial charge in [0.2, 0.25) is 0 Å². The molecule has 2 N–H and O–H groups in total. The Kier molecular flexibility index (Phi) is 2.38. The van der Waals surface area contributed by atoms with Crippen LogP contribution in [0.3, 0.4) is 0 Å². The molecule has 4 heteroatoms. The van der Waals surface area contributed by atoms with Crippen LogP contribution in [0.15, 0.2) is 24.3 Å². The topological polar surface area (TPSA) is 38.5 Å². The lowest BCUT2D eigenvalue weighted by Gasteiger charge is -2.27. The quantitative estimate of drug-likeness (QED) is 0.770. The largest absolute Gasteiger partial charge is 0.491 e. The molecular formula is C13H16N2OS. The average molecular weight is 248 g/mol. The minimum absolute atomic E-state index is 0.240. The maximum Gasteiger partial charge on any atom is 0.124 e. The number of ether oxygens (including phenoxy) is 1. The molecule has 0 spiro atoms. The highest BCUT2D eigenvalue weighted by molar-refractivity contribution is 7.80. The second-order valence-corrected chi connectivity index (χ2v) is 5.42. The van der Waals surface area contributed by atoms with E-state index in [0.717, 1.165) is 23.7 Å². The van der Waals surface area contributed by atoms with Gasteiger partial charge in [-0.3, -0.25) is 0 Å². The summed E-state index contributed by atoms with van der Waals surface area (Å²) in [7, 11) is 0. The third-order valence-electron chi connectivity index (χ3n) is 3.67. The molecule has 0 bridgehead atoms. The molecule has 3 nitrogen and oxygen atoms in total. The third kappa shape index (κ3) is 1.63. The Hall–Kier alpha value is -1.13. The normalized spacial score (nSPS) is 31.5. The zero-order chi connectivity index (χ0) is 12.0. The summed E-state index contributed by atoms with van der Waals surface area (Å²) < 4.78 is 5.70.